The molecule has 1 aromatic rings. The summed E-state index contributed by atoms with van der Waals surface area (Å²) in [5.74, 6) is 0.595. The standard InChI is InChI=1S/C16H27N3O/c1-5-11(3)9-12(4)19-15-10-13(17)7-8-14(15)16(20)18-6-2/h7-8,10-12,19H,5-6,9,17H2,1-4H3,(H,18,20). The first kappa shape index (κ1) is 16.3. The highest BCUT2D eigenvalue weighted by Gasteiger charge is 2.14. The molecule has 0 aliphatic heterocycles. The fraction of sp³-hybridized carbons (Fsp3) is 0.562. The first-order valence-corrected chi connectivity index (χ1v) is 7.42. The third kappa shape index (κ3) is 4.76. The minimum atomic E-state index is -0.0641. The van der Waals surface area contributed by atoms with Crippen molar-refractivity contribution in [3.63, 3.8) is 0 Å². The molecule has 1 aromatic carbocycles. The predicted molar refractivity (Wildman–Crippen MR) is 86.0 cm³/mol. The molecule has 0 bridgehead atoms. The molecule has 2 atom stereocenters. The molecule has 0 aliphatic rings. The largest absolute Gasteiger partial charge is 0.399 e. The Morgan fingerprint density at radius 3 is 2.60 bits per heavy atom. The first-order valence-electron chi connectivity index (χ1n) is 7.42. The van der Waals surface area contributed by atoms with Crippen LogP contribution >= 0.6 is 0 Å². The highest BCUT2D eigenvalue weighted by Crippen LogP contribution is 2.22. The summed E-state index contributed by atoms with van der Waals surface area (Å²) in [5, 5.41) is 6.24. The van der Waals surface area contributed by atoms with Crippen molar-refractivity contribution in [1.82, 2.24) is 5.32 Å². The van der Waals surface area contributed by atoms with E-state index in [1.165, 1.54) is 0 Å². The molecule has 112 valence electrons. The third-order valence-corrected chi connectivity index (χ3v) is 3.48. The van der Waals surface area contributed by atoms with Crippen LogP contribution in [0.15, 0.2) is 18.2 Å². The Kier molecular flexibility index (Phi) is 6.36. The second-order valence-electron chi connectivity index (χ2n) is 5.46. The molecule has 0 spiro atoms. The van der Waals surface area contributed by atoms with E-state index in [-0.39, 0.29) is 5.91 Å². The van der Waals surface area contributed by atoms with Crippen LogP contribution in [0, 0.1) is 5.92 Å². The Balaban J connectivity index is 2.86. The molecule has 0 radical (unpaired) electrons. The highest BCUT2D eigenvalue weighted by molar-refractivity contribution is 6.00. The molecule has 4 heteroatoms. The van der Waals surface area contributed by atoms with Gasteiger partial charge < -0.3 is 16.4 Å². The van der Waals surface area contributed by atoms with Gasteiger partial charge in [0.2, 0.25) is 0 Å². The zero-order chi connectivity index (χ0) is 15.1. The topological polar surface area (TPSA) is 67.2 Å². The summed E-state index contributed by atoms with van der Waals surface area (Å²) in [7, 11) is 0. The fourth-order valence-corrected chi connectivity index (χ4v) is 2.23. The summed E-state index contributed by atoms with van der Waals surface area (Å²) in [6.45, 7) is 9.09. The lowest BCUT2D eigenvalue weighted by molar-refractivity contribution is 0.0956. The zero-order valence-electron chi connectivity index (χ0n) is 13.0. The number of nitrogen functional groups attached to an aromatic ring is 1. The third-order valence-electron chi connectivity index (χ3n) is 3.48. The van der Waals surface area contributed by atoms with Gasteiger partial charge in [0.05, 0.1) is 5.56 Å². The lowest BCUT2D eigenvalue weighted by atomic mass is 10.00. The Hall–Kier alpha value is -1.71. The number of hydrogen-bond acceptors (Lipinski definition) is 3. The van der Waals surface area contributed by atoms with E-state index in [2.05, 4.69) is 31.4 Å². The number of carbonyl (C=O) groups excluding carboxylic acids is 1. The molecule has 20 heavy (non-hydrogen) atoms. The highest BCUT2D eigenvalue weighted by atomic mass is 16.1. The van der Waals surface area contributed by atoms with Gasteiger partial charge in [-0.25, -0.2) is 0 Å². The van der Waals surface area contributed by atoms with Crippen molar-refractivity contribution < 1.29 is 4.79 Å². The number of nitrogens with two attached hydrogens (primary N) is 1. The molecule has 0 fully saturated rings. The molecule has 1 rings (SSSR count). The van der Waals surface area contributed by atoms with Crippen LogP contribution in [-0.2, 0) is 0 Å². The summed E-state index contributed by atoms with van der Waals surface area (Å²) in [4.78, 5) is 12.0. The molecular formula is C16H27N3O. The molecule has 0 aromatic heterocycles. The van der Waals surface area contributed by atoms with E-state index in [1.54, 1.807) is 12.1 Å². The van der Waals surface area contributed by atoms with Gasteiger partial charge in [-0.1, -0.05) is 20.3 Å². The number of benzene rings is 1. The van der Waals surface area contributed by atoms with Crippen LogP contribution in [-0.4, -0.2) is 18.5 Å². The van der Waals surface area contributed by atoms with E-state index in [9.17, 15) is 4.79 Å². The maximum Gasteiger partial charge on any atom is 0.253 e. The van der Waals surface area contributed by atoms with Crippen LogP contribution in [0.3, 0.4) is 0 Å². The average Bonchev–Trinajstić information content (AvgIpc) is 2.38. The number of nitrogens with one attached hydrogen (secondary N) is 2. The quantitative estimate of drug-likeness (QED) is 0.670. The number of anilines is 2. The summed E-state index contributed by atoms with van der Waals surface area (Å²) in [6, 6.07) is 5.67. The van der Waals surface area contributed by atoms with Gasteiger partial charge in [0.15, 0.2) is 0 Å². The van der Waals surface area contributed by atoms with Gasteiger partial charge in [0, 0.05) is 24.0 Å². The number of hydrogen-bond donors (Lipinski definition) is 3. The smallest absolute Gasteiger partial charge is 0.253 e. The fourth-order valence-electron chi connectivity index (χ4n) is 2.23. The molecule has 0 heterocycles. The van der Waals surface area contributed by atoms with Crippen LogP contribution in [0.1, 0.15) is 50.9 Å². The van der Waals surface area contributed by atoms with Crippen LogP contribution in [0.5, 0.6) is 0 Å². The molecule has 1 amide bonds. The van der Waals surface area contributed by atoms with Crippen LogP contribution in [0.4, 0.5) is 11.4 Å². The second-order valence-corrected chi connectivity index (χ2v) is 5.46. The lowest BCUT2D eigenvalue weighted by Crippen LogP contribution is -2.26. The van der Waals surface area contributed by atoms with E-state index < -0.39 is 0 Å². The summed E-state index contributed by atoms with van der Waals surface area (Å²) in [5.41, 5.74) is 7.96. The SMILES string of the molecule is CCNC(=O)c1ccc(N)cc1NC(C)CC(C)CC. The van der Waals surface area contributed by atoms with E-state index in [0.717, 1.165) is 18.5 Å². The normalized spacial score (nSPS) is 13.6. The monoisotopic (exact) mass is 277 g/mol. The molecule has 2 unspecified atom stereocenters. The predicted octanol–water partition coefficient (Wildman–Crippen LogP) is 3.26. The molecule has 0 aliphatic carbocycles. The summed E-state index contributed by atoms with van der Waals surface area (Å²) in [6.07, 6.45) is 2.23. The Labute approximate surface area is 122 Å². The van der Waals surface area contributed by atoms with Crippen molar-refractivity contribution in [2.75, 3.05) is 17.6 Å². The van der Waals surface area contributed by atoms with Gasteiger partial charge in [-0.05, 0) is 44.4 Å². The Morgan fingerprint density at radius 2 is 2.00 bits per heavy atom. The number of rotatable bonds is 7. The van der Waals surface area contributed by atoms with E-state index >= 15 is 0 Å². The van der Waals surface area contributed by atoms with Crippen molar-refractivity contribution in [2.45, 2.75) is 46.6 Å². The minimum Gasteiger partial charge on any atom is -0.399 e. The Morgan fingerprint density at radius 1 is 1.30 bits per heavy atom. The van der Waals surface area contributed by atoms with Gasteiger partial charge in [0.1, 0.15) is 0 Å². The molecule has 4 nitrogen and oxygen atoms in total. The van der Waals surface area contributed by atoms with E-state index in [1.807, 2.05) is 13.0 Å². The van der Waals surface area contributed by atoms with Crippen molar-refractivity contribution >= 4 is 17.3 Å². The lowest BCUT2D eigenvalue weighted by Gasteiger charge is -2.20. The van der Waals surface area contributed by atoms with Crippen LogP contribution < -0.4 is 16.4 Å². The van der Waals surface area contributed by atoms with Gasteiger partial charge in [-0.2, -0.15) is 0 Å². The van der Waals surface area contributed by atoms with E-state index in [0.29, 0.717) is 29.8 Å². The summed E-state index contributed by atoms with van der Waals surface area (Å²) >= 11 is 0. The zero-order valence-corrected chi connectivity index (χ0v) is 13.0. The summed E-state index contributed by atoms with van der Waals surface area (Å²) < 4.78 is 0. The van der Waals surface area contributed by atoms with Crippen molar-refractivity contribution in [3.05, 3.63) is 23.8 Å². The van der Waals surface area contributed by atoms with Gasteiger partial charge in [-0.15, -0.1) is 0 Å². The molecule has 0 saturated carbocycles. The van der Waals surface area contributed by atoms with Crippen LogP contribution in [0.25, 0.3) is 0 Å². The van der Waals surface area contributed by atoms with Gasteiger partial charge in [-0.3, -0.25) is 4.79 Å². The first-order chi connectivity index (χ1) is 9.47. The van der Waals surface area contributed by atoms with Crippen molar-refractivity contribution in [1.29, 1.82) is 0 Å². The number of amides is 1. The minimum absolute atomic E-state index is 0.0641. The maximum absolute atomic E-state index is 12.0. The number of carbonyl (C=O) groups is 1. The molecule has 4 N–H and O–H groups in total. The maximum atomic E-state index is 12.0. The van der Waals surface area contributed by atoms with E-state index in [4.69, 9.17) is 5.73 Å². The van der Waals surface area contributed by atoms with Crippen LogP contribution in [0.2, 0.25) is 0 Å². The average molecular weight is 277 g/mol. The van der Waals surface area contributed by atoms with Crippen molar-refractivity contribution in [3.8, 4) is 0 Å². The second kappa shape index (κ2) is 7.78. The molecule has 0 saturated heterocycles. The van der Waals surface area contributed by atoms with Gasteiger partial charge in [0.25, 0.3) is 5.91 Å². The molecular weight excluding hydrogens is 250 g/mol. The van der Waals surface area contributed by atoms with Gasteiger partial charge >= 0.3 is 0 Å². The van der Waals surface area contributed by atoms with Crippen molar-refractivity contribution in [2.24, 2.45) is 5.92 Å². The Bertz CT molecular complexity index is 445.